The molecule has 6 nitrogen and oxygen atoms in total. The quantitative estimate of drug-likeness (QED) is 0.461. The summed E-state index contributed by atoms with van der Waals surface area (Å²) in [6.45, 7) is 2.44. The Hall–Kier alpha value is -3.33. The minimum atomic E-state index is -0.777. The Bertz CT molecular complexity index is 1280. The van der Waals surface area contributed by atoms with Crippen molar-refractivity contribution in [3.05, 3.63) is 81.4 Å². The maximum atomic E-state index is 14.1. The number of rotatable bonds is 3. The predicted molar refractivity (Wildman–Crippen MR) is 111 cm³/mol. The number of carbonyl (C=O) groups is 1. The van der Waals surface area contributed by atoms with E-state index in [1.54, 1.807) is 20.9 Å². The minimum Gasteiger partial charge on any atom is -0.355 e. The first-order valence-corrected chi connectivity index (χ1v) is 10.6. The van der Waals surface area contributed by atoms with E-state index in [1.807, 2.05) is 31.7 Å². The third-order valence-electron chi connectivity index (χ3n) is 5.64. The molecule has 3 aromatic heterocycles. The Kier molecular flexibility index (Phi) is 4.70. The number of amides is 1. The van der Waals surface area contributed by atoms with Gasteiger partial charge in [0.2, 0.25) is 0 Å². The number of aryl methyl sites for hydroxylation is 1. The first-order valence-electron chi connectivity index (χ1n) is 9.71. The largest absolute Gasteiger partial charge is 0.355 e. The summed E-state index contributed by atoms with van der Waals surface area (Å²) in [6, 6.07) is 6.52. The molecule has 158 valence electrons. The molecule has 2 atom stereocenters. The fourth-order valence-corrected chi connectivity index (χ4v) is 5.09. The Labute approximate surface area is 180 Å². The average molecular weight is 440 g/mol. The molecule has 0 radical (unpaired) electrons. The van der Waals surface area contributed by atoms with E-state index in [-0.39, 0.29) is 34.9 Å². The molecule has 9 heteroatoms. The van der Waals surface area contributed by atoms with E-state index in [0.29, 0.717) is 6.54 Å². The molecule has 0 unspecified atom stereocenters. The maximum absolute atomic E-state index is 14.1. The lowest BCUT2D eigenvalue weighted by Crippen LogP contribution is -2.40. The van der Waals surface area contributed by atoms with Gasteiger partial charge >= 0.3 is 0 Å². The number of hydrogen-bond acceptors (Lipinski definition) is 5. The van der Waals surface area contributed by atoms with Crippen molar-refractivity contribution in [2.45, 2.75) is 18.9 Å². The van der Waals surface area contributed by atoms with Crippen LogP contribution in [0.5, 0.6) is 0 Å². The van der Waals surface area contributed by atoms with Gasteiger partial charge in [0.15, 0.2) is 11.5 Å². The number of nitrogens with zero attached hydrogens (tertiary/aromatic N) is 4. The van der Waals surface area contributed by atoms with Gasteiger partial charge in [-0.25, -0.2) is 8.78 Å². The van der Waals surface area contributed by atoms with Gasteiger partial charge in [0.25, 0.3) is 5.91 Å². The minimum absolute atomic E-state index is 0.00369. The number of carbonyl (C=O) groups excluding carboxylic acids is 1. The van der Waals surface area contributed by atoms with E-state index < -0.39 is 11.6 Å². The van der Waals surface area contributed by atoms with Crippen LogP contribution in [0, 0.1) is 11.6 Å². The average Bonchev–Trinajstić information content (AvgIpc) is 3.48. The molecule has 0 N–H and O–H groups in total. The van der Waals surface area contributed by atoms with E-state index in [0.717, 1.165) is 22.6 Å². The topological polar surface area (TPSA) is 64.2 Å². The van der Waals surface area contributed by atoms with Crippen LogP contribution in [0.15, 0.2) is 52.6 Å². The molecule has 31 heavy (non-hydrogen) atoms. The molecule has 1 amide bonds. The second kappa shape index (κ2) is 7.42. The van der Waals surface area contributed by atoms with Crippen molar-refractivity contribution in [3.63, 3.8) is 0 Å². The fourth-order valence-electron chi connectivity index (χ4n) is 4.06. The molecule has 4 heterocycles. The van der Waals surface area contributed by atoms with Gasteiger partial charge in [0.05, 0.1) is 17.8 Å². The van der Waals surface area contributed by atoms with Crippen molar-refractivity contribution >= 4 is 17.2 Å². The van der Waals surface area contributed by atoms with Crippen LogP contribution in [-0.2, 0) is 7.05 Å². The highest BCUT2D eigenvalue weighted by atomic mass is 32.1. The van der Waals surface area contributed by atoms with Crippen LogP contribution < -0.4 is 0 Å². The van der Waals surface area contributed by atoms with Crippen LogP contribution in [-0.4, -0.2) is 32.3 Å². The highest BCUT2D eigenvalue weighted by Crippen LogP contribution is 2.42. The van der Waals surface area contributed by atoms with Crippen LogP contribution in [0.4, 0.5) is 8.78 Å². The number of halogens is 2. The number of thiophene rings is 1. The molecule has 1 aromatic carbocycles. The van der Waals surface area contributed by atoms with Crippen molar-refractivity contribution in [1.29, 1.82) is 0 Å². The van der Waals surface area contributed by atoms with E-state index in [4.69, 9.17) is 4.52 Å². The second-order valence-electron chi connectivity index (χ2n) is 7.57. The lowest BCUT2D eigenvalue weighted by molar-refractivity contribution is 0.0659. The van der Waals surface area contributed by atoms with Crippen molar-refractivity contribution in [2.75, 3.05) is 6.54 Å². The van der Waals surface area contributed by atoms with Crippen molar-refractivity contribution in [3.8, 4) is 11.3 Å². The summed E-state index contributed by atoms with van der Waals surface area (Å²) in [6.07, 6.45) is 3.77. The summed E-state index contributed by atoms with van der Waals surface area (Å²) in [5.41, 5.74) is 2.36. The lowest BCUT2D eigenvalue weighted by Gasteiger charge is -2.37. The van der Waals surface area contributed by atoms with Gasteiger partial charge in [0, 0.05) is 42.7 Å². The first kappa shape index (κ1) is 19.6. The normalized spacial score (nSPS) is 18.3. The fraction of sp³-hybridized carbons (Fsp3) is 0.227. The molecule has 1 aliphatic heterocycles. The molecule has 0 bridgehead atoms. The Morgan fingerprint density at radius 2 is 2.10 bits per heavy atom. The summed E-state index contributed by atoms with van der Waals surface area (Å²) < 4.78 is 34.3. The van der Waals surface area contributed by atoms with Gasteiger partial charge in [-0.15, -0.1) is 11.3 Å². The maximum Gasteiger partial charge on any atom is 0.276 e. The van der Waals surface area contributed by atoms with Crippen molar-refractivity contribution in [2.24, 2.45) is 7.05 Å². The van der Waals surface area contributed by atoms with Gasteiger partial charge in [-0.2, -0.15) is 5.10 Å². The number of fused-ring (bicyclic) bond motifs is 1. The SMILES string of the molecule is C[C@@H]1c2sccc2[C@H](c2cnn(C)c2)CN1C(=O)c1cc(-c2ccc(F)cc2F)on1. The predicted octanol–water partition coefficient (Wildman–Crippen LogP) is 4.76. The van der Waals surface area contributed by atoms with Crippen LogP contribution in [0.1, 0.15) is 45.4 Å². The molecular weight excluding hydrogens is 422 g/mol. The lowest BCUT2D eigenvalue weighted by atomic mass is 9.87. The Morgan fingerprint density at radius 1 is 1.26 bits per heavy atom. The molecule has 0 saturated carbocycles. The van der Waals surface area contributed by atoms with Gasteiger partial charge in [-0.3, -0.25) is 9.48 Å². The second-order valence-corrected chi connectivity index (χ2v) is 8.52. The standard InChI is InChI=1S/C22H18F2N4O2S/c1-12-21-15(5-6-31-21)17(13-9-25-27(2)10-13)11-28(12)22(29)19-8-20(30-26-19)16-4-3-14(23)7-18(16)24/h3-10,12,17H,11H2,1-2H3/t12-,17+/m1/s1. The van der Waals surface area contributed by atoms with Gasteiger partial charge in [0.1, 0.15) is 11.6 Å². The molecule has 0 aliphatic carbocycles. The van der Waals surface area contributed by atoms with E-state index in [1.165, 1.54) is 17.7 Å². The molecule has 1 aliphatic rings. The van der Waals surface area contributed by atoms with E-state index in [2.05, 4.69) is 16.3 Å². The van der Waals surface area contributed by atoms with Crippen LogP contribution in [0.3, 0.4) is 0 Å². The van der Waals surface area contributed by atoms with Crippen molar-refractivity contribution in [1.82, 2.24) is 19.8 Å². The molecule has 0 spiro atoms. The zero-order valence-electron chi connectivity index (χ0n) is 16.8. The third kappa shape index (κ3) is 3.34. The molecule has 5 rings (SSSR count). The van der Waals surface area contributed by atoms with E-state index in [9.17, 15) is 13.6 Å². The molecule has 0 fully saturated rings. The van der Waals surface area contributed by atoms with Crippen LogP contribution in [0.25, 0.3) is 11.3 Å². The summed E-state index contributed by atoms with van der Waals surface area (Å²) >= 11 is 1.61. The highest BCUT2D eigenvalue weighted by Gasteiger charge is 2.37. The highest BCUT2D eigenvalue weighted by molar-refractivity contribution is 7.10. The summed E-state index contributed by atoms with van der Waals surface area (Å²) in [7, 11) is 1.86. The zero-order valence-corrected chi connectivity index (χ0v) is 17.6. The molecule has 4 aromatic rings. The molecule has 0 saturated heterocycles. The summed E-state index contributed by atoms with van der Waals surface area (Å²) in [5, 5.41) is 10.2. The zero-order chi connectivity index (χ0) is 21.7. The molecular formula is C22H18F2N4O2S. The third-order valence-corrected chi connectivity index (χ3v) is 6.75. The van der Waals surface area contributed by atoms with Gasteiger partial charge < -0.3 is 9.42 Å². The summed E-state index contributed by atoms with van der Waals surface area (Å²) in [4.78, 5) is 16.2. The smallest absolute Gasteiger partial charge is 0.276 e. The Morgan fingerprint density at radius 3 is 2.84 bits per heavy atom. The van der Waals surface area contributed by atoms with Crippen LogP contribution >= 0.6 is 11.3 Å². The van der Waals surface area contributed by atoms with E-state index >= 15 is 0 Å². The van der Waals surface area contributed by atoms with Crippen LogP contribution in [0.2, 0.25) is 0 Å². The Balaban J connectivity index is 1.47. The first-order chi connectivity index (χ1) is 14.9. The number of aromatic nitrogens is 3. The van der Waals surface area contributed by atoms with Gasteiger partial charge in [-0.05, 0) is 41.6 Å². The summed E-state index contributed by atoms with van der Waals surface area (Å²) in [5.74, 6) is -1.70. The monoisotopic (exact) mass is 440 g/mol. The van der Waals surface area contributed by atoms with Gasteiger partial charge in [-0.1, -0.05) is 5.16 Å². The number of benzene rings is 1. The number of hydrogen-bond donors (Lipinski definition) is 0. The van der Waals surface area contributed by atoms with Crippen molar-refractivity contribution < 1.29 is 18.1 Å².